The van der Waals surface area contributed by atoms with Gasteiger partial charge in [-0.15, -0.1) is 0 Å². The summed E-state index contributed by atoms with van der Waals surface area (Å²) >= 11 is 0. The molecule has 250 valence electrons. The van der Waals surface area contributed by atoms with Gasteiger partial charge in [-0.05, 0) is 112 Å². The highest BCUT2D eigenvalue weighted by molar-refractivity contribution is 8.21. The monoisotopic (exact) mass is 612 g/mol. The van der Waals surface area contributed by atoms with Gasteiger partial charge in [0.1, 0.15) is 0 Å². The van der Waals surface area contributed by atoms with E-state index < -0.39 is 10.9 Å². The summed E-state index contributed by atoms with van der Waals surface area (Å²) < 4.78 is 20.7. The van der Waals surface area contributed by atoms with Crippen LogP contribution in [-0.2, 0) is 12.5 Å². The molecule has 0 bridgehead atoms. The first kappa shape index (κ1) is 41.4. The van der Waals surface area contributed by atoms with E-state index in [9.17, 15) is 0 Å². The molecule has 3 atom stereocenters. The van der Waals surface area contributed by atoms with E-state index in [-0.39, 0.29) is 18.3 Å². The third-order valence-corrected chi connectivity index (χ3v) is 9.98. The zero-order chi connectivity index (χ0) is 31.3. The third kappa shape index (κ3) is 25.9. The summed E-state index contributed by atoms with van der Waals surface area (Å²) in [5.74, 6) is 0.852. The Kier molecular flexibility index (Phi) is 28.7. The van der Waals surface area contributed by atoms with E-state index >= 15 is 0 Å². The molecule has 0 fully saturated rings. The maximum Gasteiger partial charge on any atom is 0.0895 e. The molecule has 0 amide bonds. The van der Waals surface area contributed by atoms with Gasteiger partial charge in [-0.25, -0.2) is 0 Å². The zero-order valence-electron chi connectivity index (χ0n) is 29.4. The number of hydrogen-bond acceptors (Lipinski definition) is 4. The number of unbranched alkanes of at least 4 members (excludes halogenated alkanes) is 8. The second kappa shape index (κ2) is 29.1. The topological polar surface area (TPSA) is 30.9 Å². The van der Waals surface area contributed by atoms with Crippen LogP contribution in [-0.4, -0.2) is 49.6 Å². The normalized spacial score (nSPS) is 17.0. The van der Waals surface area contributed by atoms with E-state index in [1.54, 1.807) is 0 Å². The molecule has 0 aromatic carbocycles. The molecule has 0 radical (unpaired) electrons. The summed E-state index contributed by atoms with van der Waals surface area (Å²) in [5, 5.41) is 0. The van der Waals surface area contributed by atoms with Crippen LogP contribution in [0, 0.1) is 0 Å². The van der Waals surface area contributed by atoms with E-state index in [0.29, 0.717) is 0 Å². The first-order chi connectivity index (χ1) is 20.3. The maximum absolute atomic E-state index is 6.91. The number of hydrogen-bond donors (Lipinski definition) is 0. The molecular formula is C37H73NO3S. The van der Waals surface area contributed by atoms with Gasteiger partial charge in [-0.3, -0.25) is 12.5 Å². The van der Waals surface area contributed by atoms with Crippen LogP contribution in [0.25, 0.3) is 0 Å². The molecule has 4 nitrogen and oxygen atoms in total. The fourth-order valence-corrected chi connectivity index (χ4v) is 7.43. The van der Waals surface area contributed by atoms with Crippen molar-refractivity contribution in [1.82, 2.24) is 4.90 Å². The van der Waals surface area contributed by atoms with E-state index in [0.717, 1.165) is 57.2 Å². The number of rotatable bonds is 30. The summed E-state index contributed by atoms with van der Waals surface area (Å²) in [6.07, 6.45) is 34.9. The van der Waals surface area contributed by atoms with Crippen molar-refractivity contribution >= 4 is 10.9 Å². The van der Waals surface area contributed by atoms with Crippen molar-refractivity contribution in [1.29, 1.82) is 0 Å². The second-order valence-corrected chi connectivity index (χ2v) is 14.5. The van der Waals surface area contributed by atoms with E-state index in [1.165, 1.54) is 70.6 Å². The summed E-state index contributed by atoms with van der Waals surface area (Å²) in [6, 6.07) is 0. The van der Waals surface area contributed by atoms with E-state index in [2.05, 4.69) is 97.0 Å². The van der Waals surface area contributed by atoms with Crippen molar-refractivity contribution in [3.63, 3.8) is 0 Å². The first-order valence-corrected chi connectivity index (χ1v) is 19.3. The quantitative estimate of drug-likeness (QED) is 0.0597. The van der Waals surface area contributed by atoms with Crippen LogP contribution in [0.4, 0.5) is 0 Å². The predicted octanol–water partition coefficient (Wildman–Crippen LogP) is 12.1. The Morgan fingerprint density at radius 3 is 1.19 bits per heavy atom. The van der Waals surface area contributed by atoms with E-state index in [4.69, 9.17) is 12.5 Å². The van der Waals surface area contributed by atoms with Crippen molar-refractivity contribution in [3.8, 4) is 0 Å². The molecule has 42 heavy (non-hydrogen) atoms. The highest BCUT2D eigenvalue weighted by Gasteiger charge is 2.33. The Hall–Kier alpha value is -0.590. The van der Waals surface area contributed by atoms with Gasteiger partial charge in [0.05, 0.1) is 29.2 Å². The third-order valence-electron chi connectivity index (χ3n) is 7.32. The van der Waals surface area contributed by atoms with Gasteiger partial charge in [0, 0.05) is 5.75 Å². The Bertz CT molecular complexity index is 589. The fourth-order valence-electron chi connectivity index (χ4n) is 4.66. The van der Waals surface area contributed by atoms with Crippen LogP contribution < -0.4 is 0 Å². The van der Waals surface area contributed by atoms with Crippen LogP contribution in [0.1, 0.15) is 157 Å². The molecule has 0 aromatic rings. The van der Waals surface area contributed by atoms with Gasteiger partial charge in [0.15, 0.2) is 0 Å². The van der Waals surface area contributed by atoms with Crippen LogP contribution in [0.3, 0.4) is 0 Å². The fraction of sp³-hybridized carbons (Fsp3) is 0.838. The molecule has 0 aromatic heterocycles. The van der Waals surface area contributed by atoms with Crippen molar-refractivity contribution in [2.45, 2.75) is 175 Å². The Morgan fingerprint density at radius 1 is 0.500 bits per heavy atom. The lowest BCUT2D eigenvalue weighted by Crippen LogP contribution is -2.27. The molecule has 3 unspecified atom stereocenters. The number of nitrogens with zero attached hydrogens (tertiary/aromatic N) is 1. The number of allylic oxidation sites excluding steroid dienone is 6. The molecule has 0 heterocycles. The van der Waals surface area contributed by atoms with Crippen LogP contribution >= 0.6 is 10.9 Å². The summed E-state index contributed by atoms with van der Waals surface area (Å²) in [7, 11) is 2.17. The molecule has 0 aliphatic carbocycles. The summed E-state index contributed by atoms with van der Waals surface area (Å²) in [6.45, 7) is 14.5. The van der Waals surface area contributed by atoms with Crippen molar-refractivity contribution in [2.75, 3.05) is 26.4 Å². The predicted molar refractivity (Wildman–Crippen MR) is 190 cm³/mol. The summed E-state index contributed by atoms with van der Waals surface area (Å²) in [4.78, 5) is 2.27. The molecular weight excluding hydrogens is 538 g/mol. The Morgan fingerprint density at radius 2 is 0.857 bits per heavy atom. The average Bonchev–Trinajstić information content (AvgIpc) is 2.94. The minimum Gasteiger partial charge on any atom is -0.309 e. The molecule has 0 rings (SSSR count). The Labute approximate surface area is 266 Å². The highest BCUT2D eigenvalue weighted by atomic mass is 32.3. The second-order valence-electron chi connectivity index (χ2n) is 12.4. The lowest BCUT2D eigenvalue weighted by molar-refractivity contribution is 0.0816. The molecule has 0 aliphatic heterocycles. The molecule has 0 aliphatic rings. The Balaban J connectivity index is 5.54. The van der Waals surface area contributed by atoms with Crippen molar-refractivity contribution in [2.24, 2.45) is 0 Å². The van der Waals surface area contributed by atoms with Crippen molar-refractivity contribution < 1.29 is 12.5 Å². The SMILES string of the molecule is CCCC/C=C\CCC(C)OS(CCCCCN(C)C)(OC(C)CC/C=C\CCCC)OC(C)CC/C=C\CCCC. The van der Waals surface area contributed by atoms with Gasteiger partial charge in [0.25, 0.3) is 0 Å². The van der Waals surface area contributed by atoms with Crippen molar-refractivity contribution in [3.05, 3.63) is 36.5 Å². The van der Waals surface area contributed by atoms with Gasteiger partial charge in [0.2, 0.25) is 0 Å². The van der Waals surface area contributed by atoms with Gasteiger partial charge in [-0.1, -0.05) is 102 Å². The largest absolute Gasteiger partial charge is 0.309 e. The molecule has 0 saturated carbocycles. The molecule has 0 spiro atoms. The standard InChI is InChI=1S/C37H73NO3S/c1-9-12-15-18-21-25-30-35(4)39-42(34-29-24-28-33-38(7)8,40-36(5)31-26-22-19-16-13-10-2)41-37(6)32-27-23-20-17-14-11-3/h18-23,35-37H,9-17,24-34H2,1-8H3/b21-18-,22-19-,23-20-. The van der Waals surface area contributed by atoms with Crippen LogP contribution in [0.2, 0.25) is 0 Å². The van der Waals surface area contributed by atoms with Gasteiger partial charge >= 0.3 is 0 Å². The van der Waals surface area contributed by atoms with E-state index in [1.807, 2.05) is 0 Å². The summed E-state index contributed by atoms with van der Waals surface area (Å²) in [5.41, 5.74) is 0. The molecule has 0 N–H and O–H groups in total. The zero-order valence-corrected chi connectivity index (χ0v) is 30.2. The maximum atomic E-state index is 6.91. The molecule has 5 heteroatoms. The van der Waals surface area contributed by atoms with Crippen LogP contribution in [0.15, 0.2) is 36.5 Å². The average molecular weight is 612 g/mol. The smallest absolute Gasteiger partial charge is 0.0895 e. The minimum atomic E-state index is -2.13. The minimum absolute atomic E-state index is 0.0971. The lowest BCUT2D eigenvalue weighted by atomic mass is 10.2. The first-order valence-electron chi connectivity index (χ1n) is 17.7. The molecule has 0 saturated heterocycles. The van der Waals surface area contributed by atoms with Gasteiger partial charge in [-0.2, -0.15) is 0 Å². The lowest BCUT2D eigenvalue weighted by Gasteiger charge is -2.43. The highest BCUT2D eigenvalue weighted by Crippen LogP contribution is 2.56. The van der Waals surface area contributed by atoms with Crippen LogP contribution in [0.5, 0.6) is 0 Å². The van der Waals surface area contributed by atoms with Gasteiger partial charge < -0.3 is 4.90 Å².